The van der Waals surface area contributed by atoms with Crippen LogP contribution in [0.15, 0.2) is 23.8 Å². The summed E-state index contributed by atoms with van der Waals surface area (Å²) in [5, 5.41) is 3.22. The fourth-order valence-corrected chi connectivity index (χ4v) is 1.47. The van der Waals surface area contributed by atoms with Crippen LogP contribution < -0.4 is 5.32 Å². The van der Waals surface area contributed by atoms with E-state index in [0.717, 1.165) is 6.42 Å². The van der Waals surface area contributed by atoms with E-state index in [1.807, 2.05) is 13.0 Å². The molecule has 3 nitrogen and oxygen atoms in total. The molecule has 1 rings (SSSR count). The predicted molar refractivity (Wildman–Crippen MR) is 66.7 cm³/mol. The molecule has 1 aromatic rings. The van der Waals surface area contributed by atoms with Gasteiger partial charge in [-0.05, 0) is 32.4 Å². The standard InChI is InChI=1S/C12H15ClN2O/c1-4-5-8(2)12(16)15-10-6-7-11(13)14-9(10)3/h5-7H,4H2,1-3H3,(H,15,16)/b8-5-. The monoisotopic (exact) mass is 238 g/mol. The van der Waals surface area contributed by atoms with Gasteiger partial charge in [-0.15, -0.1) is 0 Å². The summed E-state index contributed by atoms with van der Waals surface area (Å²) in [6.07, 6.45) is 2.73. The van der Waals surface area contributed by atoms with E-state index in [9.17, 15) is 4.79 Å². The molecule has 1 heterocycles. The molecule has 0 atom stereocenters. The van der Waals surface area contributed by atoms with Gasteiger partial charge in [-0.2, -0.15) is 0 Å². The summed E-state index contributed by atoms with van der Waals surface area (Å²) in [5.74, 6) is -0.103. The van der Waals surface area contributed by atoms with Crippen LogP contribution in [-0.4, -0.2) is 10.9 Å². The lowest BCUT2D eigenvalue weighted by molar-refractivity contribution is -0.112. The molecule has 0 saturated carbocycles. The average molecular weight is 239 g/mol. The second-order valence-corrected chi connectivity index (χ2v) is 3.90. The summed E-state index contributed by atoms with van der Waals surface area (Å²) in [4.78, 5) is 15.8. The number of carbonyl (C=O) groups excluding carboxylic acids is 1. The minimum absolute atomic E-state index is 0.103. The summed E-state index contributed by atoms with van der Waals surface area (Å²) in [7, 11) is 0. The third kappa shape index (κ3) is 3.35. The molecule has 0 aromatic carbocycles. The number of nitrogens with one attached hydrogen (secondary N) is 1. The first-order valence-corrected chi connectivity index (χ1v) is 5.53. The number of rotatable bonds is 3. The van der Waals surface area contributed by atoms with Crippen LogP contribution in [0, 0.1) is 6.92 Å². The zero-order valence-corrected chi connectivity index (χ0v) is 10.4. The van der Waals surface area contributed by atoms with Gasteiger partial charge < -0.3 is 5.32 Å². The minimum atomic E-state index is -0.103. The zero-order chi connectivity index (χ0) is 12.1. The number of halogens is 1. The van der Waals surface area contributed by atoms with Crippen molar-refractivity contribution in [3.8, 4) is 0 Å². The average Bonchev–Trinajstić information content (AvgIpc) is 2.22. The van der Waals surface area contributed by atoms with E-state index in [0.29, 0.717) is 22.1 Å². The number of hydrogen-bond acceptors (Lipinski definition) is 2. The highest BCUT2D eigenvalue weighted by Gasteiger charge is 2.07. The number of nitrogens with zero attached hydrogens (tertiary/aromatic N) is 1. The normalized spacial score (nSPS) is 11.4. The van der Waals surface area contributed by atoms with Crippen LogP contribution in [0.5, 0.6) is 0 Å². The van der Waals surface area contributed by atoms with Gasteiger partial charge in [0.15, 0.2) is 0 Å². The van der Waals surface area contributed by atoms with Gasteiger partial charge >= 0.3 is 0 Å². The maximum Gasteiger partial charge on any atom is 0.251 e. The summed E-state index contributed by atoms with van der Waals surface area (Å²) >= 11 is 5.73. The second-order valence-electron chi connectivity index (χ2n) is 3.52. The van der Waals surface area contributed by atoms with E-state index in [1.54, 1.807) is 26.0 Å². The van der Waals surface area contributed by atoms with E-state index in [2.05, 4.69) is 10.3 Å². The van der Waals surface area contributed by atoms with Crippen molar-refractivity contribution in [1.82, 2.24) is 4.98 Å². The van der Waals surface area contributed by atoms with Crippen molar-refractivity contribution in [2.24, 2.45) is 0 Å². The first kappa shape index (κ1) is 12.7. The second kappa shape index (κ2) is 5.66. The number of allylic oxidation sites excluding steroid dienone is 1. The van der Waals surface area contributed by atoms with E-state index in [1.165, 1.54) is 0 Å². The number of amides is 1. The summed E-state index contributed by atoms with van der Waals surface area (Å²) in [6.45, 7) is 5.59. The molecule has 0 bridgehead atoms. The number of anilines is 1. The fourth-order valence-electron chi connectivity index (χ4n) is 1.28. The van der Waals surface area contributed by atoms with Crippen molar-refractivity contribution in [1.29, 1.82) is 0 Å². The third-order valence-electron chi connectivity index (χ3n) is 2.17. The van der Waals surface area contributed by atoms with Crippen molar-refractivity contribution in [2.75, 3.05) is 5.32 Å². The van der Waals surface area contributed by atoms with Crippen LogP contribution in [0.4, 0.5) is 5.69 Å². The molecule has 0 radical (unpaired) electrons. The Morgan fingerprint density at radius 3 is 2.81 bits per heavy atom. The third-order valence-corrected chi connectivity index (χ3v) is 2.38. The van der Waals surface area contributed by atoms with Crippen molar-refractivity contribution < 1.29 is 4.79 Å². The quantitative estimate of drug-likeness (QED) is 0.648. The predicted octanol–water partition coefficient (Wildman–Crippen LogP) is 3.34. The van der Waals surface area contributed by atoms with Gasteiger partial charge in [-0.25, -0.2) is 4.98 Å². The fraction of sp³-hybridized carbons (Fsp3) is 0.333. The Morgan fingerprint density at radius 2 is 2.25 bits per heavy atom. The van der Waals surface area contributed by atoms with Gasteiger partial charge in [0.2, 0.25) is 0 Å². The van der Waals surface area contributed by atoms with Crippen molar-refractivity contribution in [3.63, 3.8) is 0 Å². The molecule has 0 fully saturated rings. The lowest BCUT2D eigenvalue weighted by atomic mass is 10.2. The number of carbonyl (C=O) groups is 1. The highest BCUT2D eigenvalue weighted by Crippen LogP contribution is 2.16. The topological polar surface area (TPSA) is 42.0 Å². The smallest absolute Gasteiger partial charge is 0.251 e. The molecule has 1 aromatic heterocycles. The van der Waals surface area contributed by atoms with E-state index in [4.69, 9.17) is 11.6 Å². The summed E-state index contributed by atoms with van der Waals surface area (Å²) < 4.78 is 0. The molecule has 0 saturated heterocycles. The SMILES string of the molecule is CC/C=C(/C)C(=O)Nc1ccc(Cl)nc1C. The first-order chi connectivity index (χ1) is 7.54. The van der Waals surface area contributed by atoms with Crippen molar-refractivity contribution >= 4 is 23.2 Å². The van der Waals surface area contributed by atoms with Gasteiger partial charge in [-0.3, -0.25) is 4.79 Å². The highest BCUT2D eigenvalue weighted by molar-refractivity contribution is 6.29. The van der Waals surface area contributed by atoms with E-state index >= 15 is 0 Å². The van der Waals surface area contributed by atoms with Crippen LogP contribution in [0.2, 0.25) is 5.15 Å². The minimum Gasteiger partial charge on any atom is -0.321 e. The van der Waals surface area contributed by atoms with Gasteiger partial charge in [-0.1, -0.05) is 24.6 Å². The van der Waals surface area contributed by atoms with Gasteiger partial charge in [0.05, 0.1) is 11.4 Å². The van der Waals surface area contributed by atoms with Gasteiger partial charge in [0.25, 0.3) is 5.91 Å². The molecule has 0 unspecified atom stereocenters. The molecule has 0 aliphatic carbocycles. The van der Waals surface area contributed by atoms with Gasteiger partial charge in [0.1, 0.15) is 5.15 Å². The van der Waals surface area contributed by atoms with Crippen LogP contribution in [-0.2, 0) is 4.79 Å². The molecule has 0 spiro atoms. The largest absolute Gasteiger partial charge is 0.321 e. The lowest BCUT2D eigenvalue weighted by Crippen LogP contribution is -2.13. The Labute approximate surface area is 101 Å². The molecule has 1 N–H and O–H groups in total. The molecule has 16 heavy (non-hydrogen) atoms. The molecular weight excluding hydrogens is 224 g/mol. The number of pyridine rings is 1. The Balaban J connectivity index is 2.81. The first-order valence-electron chi connectivity index (χ1n) is 5.16. The molecule has 86 valence electrons. The van der Waals surface area contributed by atoms with Crippen molar-refractivity contribution in [3.05, 3.63) is 34.6 Å². The maximum absolute atomic E-state index is 11.7. The Morgan fingerprint density at radius 1 is 1.56 bits per heavy atom. The molecular formula is C12H15ClN2O. The number of hydrogen-bond donors (Lipinski definition) is 1. The molecule has 0 aliphatic heterocycles. The Hall–Kier alpha value is -1.35. The summed E-state index contributed by atoms with van der Waals surface area (Å²) in [5.41, 5.74) is 2.11. The van der Waals surface area contributed by atoms with Gasteiger partial charge in [0, 0.05) is 5.57 Å². The van der Waals surface area contributed by atoms with Crippen LogP contribution in [0.3, 0.4) is 0 Å². The van der Waals surface area contributed by atoms with E-state index < -0.39 is 0 Å². The maximum atomic E-state index is 11.7. The van der Waals surface area contributed by atoms with Crippen LogP contribution in [0.1, 0.15) is 26.0 Å². The number of aryl methyl sites for hydroxylation is 1. The van der Waals surface area contributed by atoms with Crippen molar-refractivity contribution in [2.45, 2.75) is 27.2 Å². The summed E-state index contributed by atoms with van der Waals surface area (Å²) in [6, 6.07) is 3.41. The highest BCUT2D eigenvalue weighted by atomic mass is 35.5. The molecule has 1 amide bonds. The Bertz CT molecular complexity index is 427. The molecule has 0 aliphatic rings. The molecule has 4 heteroatoms. The Kier molecular flexibility index (Phi) is 4.50. The number of aromatic nitrogens is 1. The zero-order valence-electron chi connectivity index (χ0n) is 9.67. The van der Waals surface area contributed by atoms with Crippen LogP contribution in [0.25, 0.3) is 0 Å². The van der Waals surface area contributed by atoms with Crippen LogP contribution >= 0.6 is 11.6 Å². The lowest BCUT2D eigenvalue weighted by Gasteiger charge is -2.07. The van der Waals surface area contributed by atoms with E-state index in [-0.39, 0.29) is 5.91 Å².